The lowest BCUT2D eigenvalue weighted by atomic mass is 9.95. The molecule has 0 atom stereocenters. The van der Waals surface area contributed by atoms with E-state index in [4.69, 9.17) is 5.10 Å². The molecule has 1 aliphatic heterocycles. The fraction of sp³-hybridized carbons (Fsp3) is 0.524. The van der Waals surface area contributed by atoms with Crippen molar-refractivity contribution in [3.05, 3.63) is 46.8 Å². The van der Waals surface area contributed by atoms with Crippen molar-refractivity contribution >= 4 is 11.5 Å². The van der Waals surface area contributed by atoms with E-state index in [1.165, 1.54) is 48.3 Å². The van der Waals surface area contributed by atoms with E-state index < -0.39 is 0 Å². The minimum Gasteiger partial charge on any atom is -0.369 e. The van der Waals surface area contributed by atoms with Gasteiger partial charge in [-0.25, -0.2) is 0 Å². The standard InChI is InChI=1S/C21H28N4O/c1-16(26)17-7-9-18(10-8-17)25-13-11-24(12-14-25)15-20-19-5-3-4-6-21(19)23(2)22-20/h7-10H,3-6,11-15H2,1-2H3. The molecular weight excluding hydrogens is 324 g/mol. The predicted molar refractivity (Wildman–Crippen MR) is 104 cm³/mol. The molecule has 0 bridgehead atoms. The SMILES string of the molecule is CC(=O)c1ccc(N2CCN(Cc3nn(C)c4c3CCCC4)CC2)cc1. The van der Waals surface area contributed by atoms with E-state index >= 15 is 0 Å². The van der Waals surface area contributed by atoms with Crippen molar-refractivity contribution in [2.45, 2.75) is 39.2 Å². The molecule has 1 fully saturated rings. The van der Waals surface area contributed by atoms with Crippen molar-refractivity contribution in [2.24, 2.45) is 7.05 Å². The number of aryl methyl sites for hydroxylation is 1. The van der Waals surface area contributed by atoms with E-state index in [9.17, 15) is 4.79 Å². The van der Waals surface area contributed by atoms with Crippen LogP contribution in [0.3, 0.4) is 0 Å². The molecule has 26 heavy (non-hydrogen) atoms. The minimum absolute atomic E-state index is 0.125. The van der Waals surface area contributed by atoms with Crippen LogP contribution in [0.1, 0.15) is 47.1 Å². The second kappa shape index (κ2) is 7.23. The highest BCUT2D eigenvalue weighted by atomic mass is 16.1. The summed E-state index contributed by atoms with van der Waals surface area (Å²) in [6.07, 6.45) is 4.98. The van der Waals surface area contributed by atoms with Crippen LogP contribution in [0.2, 0.25) is 0 Å². The third kappa shape index (κ3) is 3.40. The number of nitrogens with zero attached hydrogens (tertiary/aromatic N) is 4. The maximum absolute atomic E-state index is 11.4. The number of anilines is 1. The van der Waals surface area contributed by atoms with Crippen LogP contribution in [0.5, 0.6) is 0 Å². The van der Waals surface area contributed by atoms with Gasteiger partial charge in [-0.2, -0.15) is 5.10 Å². The minimum atomic E-state index is 0.125. The number of aromatic nitrogens is 2. The topological polar surface area (TPSA) is 41.4 Å². The molecule has 1 aromatic heterocycles. The number of hydrogen-bond acceptors (Lipinski definition) is 4. The van der Waals surface area contributed by atoms with Gasteiger partial charge in [-0.05, 0) is 62.4 Å². The fourth-order valence-electron chi connectivity index (χ4n) is 4.27. The summed E-state index contributed by atoms with van der Waals surface area (Å²) >= 11 is 0. The number of piperazine rings is 1. The van der Waals surface area contributed by atoms with Crippen LogP contribution in [0.15, 0.2) is 24.3 Å². The Morgan fingerprint density at radius 3 is 2.42 bits per heavy atom. The molecule has 1 aliphatic carbocycles. The highest BCUT2D eigenvalue weighted by molar-refractivity contribution is 5.94. The summed E-state index contributed by atoms with van der Waals surface area (Å²) < 4.78 is 2.11. The van der Waals surface area contributed by atoms with E-state index in [0.717, 1.165) is 38.3 Å². The predicted octanol–water partition coefficient (Wildman–Crippen LogP) is 2.82. The zero-order valence-electron chi connectivity index (χ0n) is 15.9. The van der Waals surface area contributed by atoms with Crippen LogP contribution in [0, 0.1) is 0 Å². The first kappa shape index (κ1) is 17.3. The second-order valence-corrected chi connectivity index (χ2v) is 7.57. The molecule has 4 rings (SSSR count). The Hall–Kier alpha value is -2.14. The molecule has 1 aromatic carbocycles. The number of carbonyl (C=O) groups is 1. The van der Waals surface area contributed by atoms with Gasteiger partial charge in [-0.1, -0.05) is 0 Å². The zero-order chi connectivity index (χ0) is 18.1. The average Bonchev–Trinajstić information content (AvgIpc) is 2.98. The van der Waals surface area contributed by atoms with Gasteiger partial charge in [0.15, 0.2) is 5.78 Å². The van der Waals surface area contributed by atoms with Gasteiger partial charge in [0, 0.05) is 56.7 Å². The smallest absolute Gasteiger partial charge is 0.159 e. The Morgan fingerprint density at radius 1 is 1.04 bits per heavy atom. The molecular formula is C21H28N4O. The van der Waals surface area contributed by atoms with Gasteiger partial charge in [0.1, 0.15) is 0 Å². The number of benzene rings is 1. The number of fused-ring (bicyclic) bond motifs is 1. The summed E-state index contributed by atoms with van der Waals surface area (Å²) in [5, 5.41) is 4.82. The highest BCUT2D eigenvalue weighted by Crippen LogP contribution is 2.25. The molecule has 2 aromatic rings. The molecule has 5 heteroatoms. The Balaban J connectivity index is 1.37. The Bertz CT molecular complexity index is 785. The van der Waals surface area contributed by atoms with Gasteiger partial charge >= 0.3 is 0 Å². The summed E-state index contributed by atoms with van der Waals surface area (Å²) in [4.78, 5) is 16.4. The number of hydrogen-bond donors (Lipinski definition) is 0. The van der Waals surface area contributed by atoms with Crippen LogP contribution < -0.4 is 4.90 Å². The summed E-state index contributed by atoms with van der Waals surface area (Å²) in [6.45, 7) is 6.74. The first-order valence-corrected chi connectivity index (χ1v) is 9.74. The van der Waals surface area contributed by atoms with Gasteiger partial charge in [0.2, 0.25) is 0 Å². The van der Waals surface area contributed by atoms with Crippen LogP contribution in [0.4, 0.5) is 5.69 Å². The van der Waals surface area contributed by atoms with Crippen LogP contribution in [-0.4, -0.2) is 46.6 Å². The number of ketones is 1. The van der Waals surface area contributed by atoms with Crippen molar-refractivity contribution in [2.75, 3.05) is 31.1 Å². The van der Waals surface area contributed by atoms with Crippen LogP contribution >= 0.6 is 0 Å². The largest absolute Gasteiger partial charge is 0.369 e. The van der Waals surface area contributed by atoms with E-state index in [-0.39, 0.29) is 5.78 Å². The van der Waals surface area contributed by atoms with Gasteiger partial charge in [-0.3, -0.25) is 14.4 Å². The second-order valence-electron chi connectivity index (χ2n) is 7.57. The highest BCUT2D eigenvalue weighted by Gasteiger charge is 2.23. The van der Waals surface area contributed by atoms with Crippen molar-refractivity contribution in [3.8, 4) is 0 Å². The van der Waals surface area contributed by atoms with E-state index in [2.05, 4.69) is 33.7 Å². The molecule has 2 aliphatic rings. The number of Topliss-reactive ketones (excluding diaryl/α,β-unsaturated/α-hetero) is 1. The summed E-state index contributed by atoms with van der Waals surface area (Å²) in [5.41, 5.74) is 6.26. The Morgan fingerprint density at radius 2 is 1.73 bits per heavy atom. The van der Waals surface area contributed by atoms with Gasteiger partial charge in [0.05, 0.1) is 5.69 Å². The molecule has 0 N–H and O–H groups in total. The molecule has 138 valence electrons. The Kier molecular flexibility index (Phi) is 4.81. The summed E-state index contributed by atoms with van der Waals surface area (Å²) in [5.74, 6) is 0.125. The molecule has 0 radical (unpaired) electrons. The molecule has 5 nitrogen and oxygen atoms in total. The van der Waals surface area contributed by atoms with Crippen molar-refractivity contribution < 1.29 is 4.79 Å². The monoisotopic (exact) mass is 352 g/mol. The van der Waals surface area contributed by atoms with Gasteiger partial charge in [-0.15, -0.1) is 0 Å². The number of carbonyl (C=O) groups excluding carboxylic acids is 1. The molecule has 0 unspecified atom stereocenters. The third-order valence-corrected chi connectivity index (χ3v) is 5.83. The normalized spacial score (nSPS) is 18.0. The molecule has 0 saturated carbocycles. The first-order chi connectivity index (χ1) is 12.6. The first-order valence-electron chi connectivity index (χ1n) is 9.74. The maximum atomic E-state index is 11.4. The fourth-order valence-corrected chi connectivity index (χ4v) is 4.27. The molecule has 2 heterocycles. The summed E-state index contributed by atoms with van der Waals surface area (Å²) in [7, 11) is 2.09. The number of rotatable bonds is 4. The van der Waals surface area contributed by atoms with Gasteiger partial charge < -0.3 is 4.90 Å². The van der Waals surface area contributed by atoms with Gasteiger partial charge in [0.25, 0.3) is 0 Å². The van der Waals surface area contributed by atoms with E-state index in [0.29, 0.717) is 0 Å². The lowest BCUT2D eigenvalue weighted by molar-refractivity contribution is 0.101. The van der Waals surface area contributed by atoms with Crippen molar-refractivity contribution in [3.63, 3.8) is 0 Å². The van der Waals surface area contributed by atoms with Crippen LogP contribution in [-0.2, 0) is 26.4 Å². The zero-order valence-corrected chi connectivity index (χ0v) is 15.9. The molecule has 0 spiro atoms. The summed E-state index contributed by atoms with van der Waals surface area (Å²) in [6, 6.07) is 8.01. The van der Waals surface area contributed by atoms with E-state index in [1.54, 1.807) is 6.92 Å². The quantitative estimate of drug-likeness (QED) is 0.794. The molecule has 0 amide bonds. The third-order valence-electron chi connectivity index (χ3n) is 5.83. The van der Waals surface area contributed by atoms with Crippen molar-refractivity contribution in [1.82, 2.24) is 14.7 Å². The average molecular weight is 352 g/mol. The lowest BCUT2D eigenvalue weighted by Gasteiger charge is -2.36. The maximum Gasteiger partial charge on any atom is 0.159 e. The lowest BCUT2D eigenvalue weighted by Crippen LogP contribution is -2.46. The van der Waals surface area contributed by atoms with E-state index in [1.807, 2.05) is 12.1 Å². The van der Waals surface area contributed by atoms with Crippen LogP contribution in [0.25, 0.3) is 0 Å². The molecule has 1 saturated heterocycles. The van der Waals surface area contributed by atoms with Crippen molar-refractivity contribution in [1.29, 1.82) is 0 Å². The Labute approximate surface area is 155 Å².